The van der Waals surface area contributed by atoms with Crippen LogP contribution < -0.4 is 5.32 Å². The van der Waals surface area contributed by atoms with Gasteiger partial charge in [0.2, 0.25) is 0 Å². The lowest BCUT2D eigenvalue weighted by Gasteiger charge is -2.15. The number of thiophene rings is 2. The molecule has 0 fully saturated rings. The smallest absolute Gasteiger partial charge is 0.0466 e. The summed E-state index contributed by atoms with van der Waals surface area (Å²) in [5, 5.41) is 7.93. The van der Waals surface area contributed by atoms with Gasteiger partial charge in [-0.1, -0.05) is 23.8 Å². The Labute approximate surface area is 117 Å². The summed E-state index contributed by atoms with van der Waals surface area (Å²) in [5.74, 6) is 0. The van der Waals surface area contributed by atoms with Crippen LogP contribution in [0, 0.1) is 0 Å². The fourth-order valence-electron chi connectivity index (χ4n) is 1.80. The maximum Gasteiger partial charge on any atom is 0.0466 e. The Kier molecular flexibility index (Phi) is 5.17. The van der Waals surface area contributed by atoms with Crippen LogP contribution in [0.4, 0.5) is 0 Å². The van der Waals surface area contributed by atoms with Crippen molar-refractivity contribution in [1.29, 1.82) is 0 Å². The third kappa shape index (κ3) is 4.09. The highest BCUT2D eigenvalue weighted by atomic mass is 32.1. The predicted octanol–water partition coefficient (Wildman–Crippen LogP) is 4.65. The Bertz CT molecular complexity index is 465. The first kappa shape index (κ1) is 13.5. The quantitative estimate of drug-likeness (QED) is 0.758. The third-order valence-corrected chi connectivity index (χ3v) is 4.63. The summed E-state index contributed by atoms with van der Waals surface area (Å²) in [7, 11) is 0. The van der Waals surface area contributed by atoms with E-state index < -0.39 is 0 Å². The molecule has 18 heavy (non-hydrogen) atoms. The van der Waals surface area contributed by atoms with Crippen LogP contribution in [0.5, 0.6) is 0 Å². The van der Waals surface area contributed by atoms with E-state index in [1.54, 1.807) is 0 Å². The molecule has 1 N–H and O–H groups in total. The minimum absolute atomic E-state index is 0.430. The number of nitrogens with one attached hydrogen (secondary N) is 1. The minimum atomic E-state index is 0.430. The molecule has 0 bridgehead atoms. The van der Waals surface area contributed by atoms with Crippen molar-refractivity contribution in [3.8, 4) is 0 Å². The van der Waals surface area contributed by atoms with Gasteiger partial charge >= 0.3 is 0 Å². The van der Waals surface area contributed by atoms with Crippen molar-refractivity contribution in [2.45, 2.75) is 26.3 Å². The van der Waals surface area contributed by atoms with Crippen LogP contribution in [0.25, 0.3) is 0 Å². The first-order chi connectivity index (χ1) is 8.75. The summed E-state index contributed by atoms with van der Waals surface area (Å²) in [6.07, 6.45) is 3.32. The molecule has 0 aliphatic heterocycles. The van der Waals surface area contributed by atoms with E-state index in [1.165, 1.54) is 15.3 Å². The maximum atomic E-state index is 3.63. The highest BCUT2D eigenvalue weighted by Crippen LogP contribution is 2.24. The van der Waals surface area contributed by atoms with Gasteiger partial charge in [-0.25, -0.2) is 0 Å². The molecule has 0 aliphatic carbocycles. The molecule has 0 radical (unpaired) electrons. The van der Waals surface area contributed by atoms with Crippen LogP contribution in [0.3, 0.4) is 0 Å². The highest BCUT2D eigenvalue weighted by Gasteiger charge is 2.12. The van der Waals surface area contributed by atoms with E-state index in [1.807, 2.05) is 22.7 Å². The van der Waals surface area contributed by atoms with Gasteiger partial charge in [0.25, 0.3) is 0 Å². The molecule has 2 heterocycles. The Morgan fingerprint density at radius 1 is 1.22 bits per heavy atom. The van der Waals surface area contributed by atoms with Gasteiger partial charge in [0.15, 0.2) is 0 Å². The number of rotatable bonds is 6. The average molecular weight is 277 g/mol. The van der Waals surface area contributed by atoms with Crippen LogP contribution >= 0.6 is 22.7 Å². The zero-order valence-corrected chi connectivity index (χ0v) is 12.5. The van der Waals surface area contributed by atoms with Crippen molar-refractivity contribution >= 4 is 22.7 Å². The Hall–Kier alpha value is -0.900. The molecule has 2 aromatic rings. The van der Waals surface area contributed by atoms with Gasteiger partial charge < -0.3 is 5.32 Å². The van der Waals surface area contributed by atoms with Gasteiger partial charge in [0.05, 0.1) is 0 Å². The standard InChI is InChI=1S/C15H19NS2/c1-12(2)7-8-16-14(15-6-4-10-18-15)11-13-5-3-9-17-13/h3-7,9-10,14,16H,8,11H2,1-2H3. The van der Waals surface area contributed by atoms with Gasteiger partial charge in [-0.05, 0) is 36.7 Å². The second-order valence-corrected chi connectivity index (χ2v) is 6.55. The lowest BCUT2D eigenvalue weighted by atomic mass is 10.1. The molecular formula is C15H19NS2. The lowest BCUT2D eigenvalue weighted by molar-refractivity contribution is 0.577. The van der Waals surface area contributed by atoms with E-state index in [2.05, 4.69) is 60.3 Å². The molecule has 0 aromatic carbocycles. The summed E-state index contributed by atoms with van der Waals surface area (Å²) in [5.41, 5.74) is 1.36. The van der Waals surface area contributed by atoms with Crippen molar-refractivity contribution in [3.63, 3.8) is 0 Å². The second-order valence-electron chi connectivity index (χ2n) is 4.54. The molecule has 1 unspecified atom stereocenters. The van der Waals surface area contributed by atoms with E-state index in [4.69, 9.17) is 0 Å². The molecule has 1 atom stereocenters. The Balaban J connectivity index is 2.01. The first-order valence-corrected chi connectivity index (χ1v) is 7.94. The van der Waals surface area contributed by atoms with E-state index in [0.717, 1.165) is 13.0 Å². The van der Waals surface area contributed by atoms with E-state index in [-0.39, 0.29) is 0 Å². The fraction of sp³-hybridized carbons (Fsp3) is 0.333. The van der Waals surface area contributed by atoms with Gasteiger partial charge in [-0.2, -0.15) is 0 Å². The summed E-state index contributed by atoms with van der Waals surface area (Å²) in [6, 6.07) is 9.12. The summed E-state index contributed by atoms with van der Waals surface area (Å²) < 4.78 is 0. The second kappa shape index (κ2) is 6.88. The molecular weight excluding hydrogens is 258 g/mol. The molecule has 2 rings (SSSR count). The van der Waals surface area contributed by atoms with E-state index in [9.17, 15) is 0 Å². The highest BCUT2D eigenvalue weighted by molar-refractivity contribution is 7.10. The summed E-state index contributed by atoms with van der Waals surface area (Å²) >= 11 is 3.67. The SMILES string of the molecule is CC(C)=CCNC(Cc1cccs1)c1cccs1. The van der Waals surface area contributed by atoms with Crippen LogP contribution in [-0.2, 0) is 6.42 Å². The lowest BCUT2D eigenvalue weighted by Crippen LogP contribution is -2.22. The Morgan fingerprint density at radius 2 is 2.00 bits per heavy atom. The van der Waals surface area contributed by atoms with Crippen molar-refractivity contribution in [2.24, 2.45) is 0 Å². The van der Waals surface area contributed by atoms with Gasteiger partial charge in [-0.15, -0.1) is 22.7 Å². The van der Waals surface area contributed by atoms with Gasteiger partial charge in [0.1, 0.15) is 0 Å². The van der Waals surface area contributed by atoms with E-state index >= 15 is 0 Å². The van der Waals surface area contributed by atoms with Crippen molar-refractivity contribution in [3.05, 3.63) is 56.4 Å². The zero-order valence-electron chi connectivity index (χ0n) is 10.8. The van der Waals surface area contributed by atoms with E-state index in [0.29, 0.717) is 6.04 Å². The number of hydrogen-bond acceptors (Lipinski definition) is 3. The minimum Gasteiger partial charge on any atom is -0.305 e. The van der Waals surface area contributed by atoms with Crippen molar-refractivity contribution in [2.75, 3.05) is 6.54 Å². The molecule has 2 aromatic heterocycles. The largest absolute Gasteiger partial charge is 0.305 e. The number of hydrogen-bond donors (Lipinski definition) is 1. The summed E-state index contributed by atoms with van der Waals surface area (Å²) in [4.78, 5) is 2.86. The van der Waals surface area contributed by atoms with Gasteiger partial charge in [-0.3, -0.25) is 0 Å². The molecule has 0 saturated heterocycles. The summed E-state index contributed by atoms with van der Waals surface area (Å²) in [6.45, 7) is 5.22. The average Bonchev–Trinajstić information content (AvgIpc) is 3.00. The predicted molar refractivity (Wildman–Crippen MR) is 82.5 cm³/mol. The van der Waals surface area contributed by atoms with Crippen LogP contribution in [0.15, 0.2) is 46.7 Å². The number of allylic oxidation sites excluding steroid dienone is 1. The molecule has 3 heteroatoms. The van der Waals surface area contributed by atoms with Crippen LogP contribution in [-0.4, -0.2) is 6.54 Å². The normalized spacial score (nSPS) is 12.3. The van der Waals surface area contributed by atoms with Crippen molar-refractivity contribution < 1.29 is 0 Å². The third-order valence-electron chi connectivity index (χ3n) is 2.75. The molecule has 1 nitrogen and oxygen atoms in total. The van der Waals surface area contributed by atoms with Crippen LogP contribution in [0.1, 0.15) is 29.6 Å². The molecule has 0 saturated carbocycles. The molecule has 0 amide bonds. The Morgan fingerprint density at radius 3 is 2.61 bits per heavy atom. The molecule has 0 spiro atoms. The zero-order chi connectivity index (χ0) is 12.8. The van der Waals surface area contributed by atoms with Crippen molar-refractivity contribution in [1.82, 2.24) is 5.32 Å². The fourth-order valence-corrected chi connectivity index (χ4v) is 3.35. The topological polar surface area (TPSA) is 12.0 Å². The monoisotopic (exact) mass is 277 g/mol. The maximum absolute atomic E-state index is 3.63. The molecule has 96 valence electrons. The van der Waals surface area contributed by atoms with Crippen LogP contribution in [0.2, 0.25) is 0 Å². The first-order valence-electron chi connectivity index (χ1n) is 6.18. The van der Waals surface area contributed by atoms with Gasteiger partial charge in [0, 0.05) is 28.8 Å². The molecule has 0 aliphatic rings.